The second-order valence-corrected chi connectivity index (χ2v) is 8.69. The van der Waals surface area contributed by atoms with Crippen molar-refractivity contribution in [3.63, 3.8) is 0 Å². The first-order valence-electron chi connectivity index (χ1n) is 11.5. The molecule has 35 heavy (non-hydrogen) atoms. The number of hydrogen-bond acceptors (Lipinski definition) is 5. The lowest BCUT2D eigenvalue weighted by Gasteiger charge is -2.27. The van der Waals surface area contributed by atoms with Crippen LogP contribution in [0.25, 0.3) is 10.8 Å². The molecule has 0 fully saturated rings. The summed E-state index contributed by atoms with van der Waals surface area (Å²) >= 11 is 0. The fourth-order valence-electron chi connectivity index (χ4n) is 4.56. The maximum Gasteiger partial charge on any atom is 0.249 e. The summed E-state index contributed by atoms with van der Waals surface area (Å²) in [6.07, 6.45) is 1.72. The predicted octanol–water partition coefficient (Wildman–Crippen LogP) is 2.32. The molecule has 3 aromatic rings. The number of carbonyl (C=O) groups is 4. The Labute approximate surface area is 203 Å². The number of anilines is 1. The number of carbonyl (C=O) groups excluding carboxylic acids is 4. The Morgan fingerprint density at radius 1 is 1.14 bits per heavy atom. The van der Waals surface area contributed by atoms with E-state index in [9.17, 15) is 19.2 Å². The van der Waals surface area contributed by atoms with E-state index in [2.05, 4.69) is 10.6 Å². The monoisotopic (exact) mass is 472 g/mol. The third-order valence-corrected chi connectivity index (χ3v) is 6.58. The molecule has 180 valence electrons. The van der Waals surface area contributed by atoms with Crippen molar-refractivity contribution in [1.29, 1.82) is 0 Å². The first-order chi connectivity index (χ1) is 16.8. The molecule has 0 unspecified atom stereocenters. The zero-order valence-electron chi connectivity index (χ0n) is 19.7. The van der Waals surface area contributed by atoms with Gasteiger partial charge in [-0.2, -0.15) is 0 Å². The summed E-state index contributed by atoms with van der Waals surface area (Å²) < 4.78 is 0. The Balaban J connectivity index is 1.81. The van der Waals surface area contributed by atoms with Crippen LogP contribution in [0.1, 0.15) is 45.2 Å². The molecule has 0 bridgehead atoms. The van der Waals surface area contributed by atoms with Crippen molar-refractivity contribution in [1.82, 2.24) is 10.6 Å². The highest BCUT2D eigenvalue weighted by molar-refractivity contribution is 6.10. The highest BCUT2D eigenvalue weighted by Crippen LogP contribution is 2.32. The van der Waals surface area contributed by atoms with Gasteiger partial charge in [0.1, 0.15) is 6.04 Å². The summed E-state index contributed by atoms with van der Waals surface area (Å²) in [7, 11) is 1.69. The van der Waals surface area contributed by atoms with Gasteiger partial charge in [0.25, 0.3) is 0 Å². The summed E-state index contributed by atoms with van der Waals surface area (Å²) in [5.41, 5.74) is 8.30. The summed E-state index contributed by atoms with van der Waals surface area (Å²) in [5, 5.41) is 7.12. The molecular formula is C27H28N4O4. The maximum atomic E-state index is 13.8. The van der Waals surface area contributed by atoms with E-state index in [-0.39, 0.29) is 29.5 Å². The molecule has 8 heteroatoms. The highest BCUT2D eigenvalue weighted by atomic mass is 16.2. The Kier molecular flexibility index (Phi) is 6.93. The minimum Gasteiger partial charge on any atom is -0.366 e. The predicted molar refractivity (Wildman–Crippen MR) is 134 cm³/mol. The zero-order chi connectivity index (χ0) is 25.1. The van der Waals surface area contributed by atoms with Gasteiger partial charge in [-0.25, -0.2) is 0 Å². The Bertz CT molecular complexity index is 1320. The fraction of sp³-hybridized carbons (Fsp3) is 0.259. The number of nitrogens with zero attached hydrogens (tertiary/aromatic N) is 1. The SMILES string of the molecule is CN[C@@H](C)C(=O)N[C@H]1CCc2ccccc2N(Cc2cccc3ccc(C(N)=O)c(C=O)c23)C1=O. The number of nitrogens with two attached hydrogens (primary N) is 1. The number of para-hydroxylation sites is 1. The van der Waals surface area contributed by atoms with E-state index in [0.29, 0.717) is 30.1 Å². The molecule has 1 aliphatic rings. The molecule has 0 saturated carbocycles. The summed E-state index contributed by atoms with van der Waals surface area (Å²) in [4.78, 5) is 52.0. The van der Waals surface area contributed by atoms with Crippen LogP contribution in [0.3, 0.4) is 0 Å². The van der Waals surface area contributed by atoms with E-state index >= 15 is 0 Å². The molecule has 0 aliphatic carbocycles. The lowest BCUT2D eigenvalue weighted by atomic mass is 9.95. The van der Waals surface area contributed by atoms with Gasteiger partial charge in [0.05, 0.1) is 18.2 Å². The maximum absolute atomic E-state index is 13.8. The first kappa shape index (κ1) is 24.1. The molecule has 0 spiro atoms. The molecule has 4 N–H and O–H groups in total. The number of likely N-dealkylation sites (N-methyl/N-ethyl adjacent to an activating group) is 1. The van der Waals surface area contributed by atoms with E-state index in [4.69, 9.17) is 5.73 Å². The van der Waals surface area contributed by atoms with Gasteiger partial charge in [0.2, 0.25) is 17.7 Å². The van der Waals surface area contributed by atoms with E-state index in [0.717, 1.165) is 16.6 Å². The van der Waals surface area contributed by atoms with Crippen LogP contribution in [0.15, 0.2) is 54.6 Å². The second-order valence-electron chi connectivity index (χ2n) is 8.69. The van der Waals surface area contributed by atoms with Gasteiger partial charge in [0.15, 0.2) is 6.29 Å². The Morgan fingerprint density at radius 2 is 1.91 bits per heavy atom. The Hall–Kier alpha value is -4.04. The van der Waals surface area contributed by atoms with Gasteiger partial charge >= 0.3 is 0 Å². The summed E-state index contributed by atoms with van der Waals surface area (Å²) in [6, 6.07) is 15.3. The van der Waals surface area contributed by atoms with E-state index in [1.807, 2.05) is 42.5 Å². The number of aldehydes is 1. The molecule has 2 atom stereocenters. The molecule has 8 nitrogen and oxygen atoms in total. The number of rotatable bonds is 7. The molecule has 0 saturated heterocycles. The number of nitrogens with one attached hydrogen (secondary N) is 2. The molecular weight excluding hydrogens is 444 g/mol. The molecule has 0 radical (unpaired) electrons. The van der Waals surface area contributed by atoms with Gasteiger partial charge in [-0.15, -0.1) is 0 Å². The number of hydrogen-bond donors (Lipinski definition) is 3. The second kappa shape index (κ2) is 10.1. The third-order valence-electron chi connectivity index (χ3n) is 6.58. The van der Waals surface area contributed by atoms with Gasteiger partial charge in [0, 0.05) is 11.3 Å². The Morgan fingerprint density at radius 3 is 2.63 bits per heavy atom. The van der Waals surface area contributed by atoms with Crippen LogP contribution in [0.4, 0.5) is 5.69 Å². The van der Waals surface area contributed by atoms with Crippen LogP contribution in [0, 0.1) is 0 Å². The highest BCUT2D eigenvalue weighted by Gasteiger charge is 2.32. The van der Waals surface area contributed by atoms with Crippen LogP contribution in [0.2, 0.25) is 0 Å². The molecule has 1 aliphatic heterocycles. The minimum absolute atomic E-state index is 0.133. The molecule has 0 aromatic heterocycles. The summed E-state index contributed by atoms with van der Waals surface area (Å²) in [6.45, 7) is 1.89. The van der Waals surface area contributed by atoms with Gasteiger partial charge in [-0.3, -0.25) is 19.2 Å². The van der Waals surface area contributed by atoms with Crippen molar-refractivity contribution in [2.75, 3.05) is 11.9 Å². The first-order valence-corrected chi connectivity index (χ1v) is 11.5. The van der Waals surface area contributed by atoms with Crippen molar-refractivity contribution in [3.05, 3.63) is 76.9 Å². The van der Waals surface area contributed by atoms with Crippen molar-refractivity contribution < 1.29 is 19.2 Å². The van der Waals surface area contributed by atoms with Gasteiger partial charge < -0.3 is 21.3 Å². The van der Waals surface area contributed by atoms with Crippen molar-refractivity contribution >= 4 is 40.5 Å². The molecule has 3 aromatic carbocycles. The lowest BCUT2D eigenvalue weighted by Crippen LogP contribution is -2.52. The number of fused-ring (bicyclic) bond motifs is 2. The number of amides is 3. The van der Waals surface area contributed by atoms with Crippen LogP contribution in [0.5, 0.6) is 0 Å². The summed E-state index contributed by atoms with van der Waals surface area (Å²) in [5.74, 6) is -1.18. The average Bonchev–Trinajstić information content (AvgIpc) is 2.99. The third kappa shape index (κ3) is 4.65. The van der Waals surface area contributed by atoms with Gasteiger partial charge in [-0.05, 0) is 60.8 Å². The van der Waals surface area contributed by atoms with Crippen molar-refractivity contribution in [3.8, 4) is 0 Å². The minimum atomic E-state index is -0.701. The topological polar surface area (TPSA) is 122 Å². The number of aryl methyl sites for hydroxylation is 1. The number of benzene rings is 3. The molecule has 3 amide bonds. The standard InChI is InChI=1S/C27H28N4O4/c1-16(29-2)26(34)30-22-13-11-17-6-3-4-9-23(17)31(27(22)35)14-19-8-5-7-18-10-12-20(25(28)33)21(15-32)24(18)19/h3-10,12,15-16,22,29H,11,13-14H2,1-2H3,(H2,28,33)(H,30,34)/t16-,22-/m0/s1. The van der Waals surface area contributed by atoms with Crippen molar-refractivity contribution in [2.24, 2.45) is 5.73 Å². The van der Waals surface area contributed by atoms with E-state index < -0.39 is 18.0 Å². The van der Waals surface area contributed by atoms with E-state index in [1.54, 1.807) is 31.0 Å². The van der Waals surface area contributed by atoms with Crippen molar-refractivity contribution in [2.45, 2.75) is 38.4 Å². The zero-order valence-corrected chi connectivity index (χ0v) is 19.7. The lowest BCUT2D eigenvalue weighted by molar-refractivity contribution is -0.128. The van der Waals surface area contributed by atoms with Crippen LogP contribution >= 0.6 is 0 Å². The van der Waals surface area contributed by atoms with Crippen LogP contribution in [-0.4, -0.2) is 43.1 Å². The van der Waals surface area contributed by atoms with Gasteiger partial charge in [-0.1, -0.05) is 42.5 Å². The number of primary amides is 1. The van der Waals surface area contributed by atoms with E-state index in [1.165, 1.54) is 0 Å². The normalized spacial score (nSPS) is 16.3. The smallest absolute Gasteiger partial charge is 0.249 e. The largest absolute Gasteiger partial charge is 0.366 e. The van der Waals surface area contributed by atoms with Crippen LogP contribution in [-0.2, 0) is 22.6 Å². The average molecular weight is 473 g/mol. The fourth-order valence-corrected chi connectivity index (χ4v) is 4.56. The quantitative estimate of drug-likeness (QED) is 0.456. The van der Waals surface area contributed by atoms with Crippen LogP contribution < -0.4 is 21.3 Å². The molecule has 4 rings (SSSR count). The molecule has 1 heterocycles.